The van der Waals surface area contributed by atoms with Crippen molar-refractivity contribution in [1.82, 2.24) is 5.32 Å². The van der Waals surface area contributed by atoms with Gasteiger partial charge in [0.25, 0.3) is 0 Å². The molecule has 0 radical (unpaired) electrons. The molecule has 0 aliphatic heterocycles. The fourth-order valence-electron chi connectivity index (χ4n) is 2.72. The van der Waals surface area contributed by atoms with Crippen molar-refractivity contribution < 1.29 is 9.84 Å². The Hall–Kier alpha value is -1.06. The third-order valence-corrected chi connectivity index (χ3v) is 3.79. The number of benzene rings is 1. The first-order valence-electron chi connectivity index (χ1n) is 7.44. The average Bonchev–Trinajstić information content (AvgIpc) is 2.49. The van der Waals surface area contributed by atoms with Gasteiger partial charge in [-0.3, -0.25) is 0 Å². The Morgan fingerprint density at radius 2 is 1.79 bits per heavy atom. The van der Waals surface area contributed by atoms with Crippen molar-refractivity contribution in [2.75, 3.05) is 26.3 Å². The zero-order valence-electron chi connectivity index (χ0n) is 11.6. The predicted molar refractivity (Wildman–Crippen MR) is 77.7 cm³/mol. The third kappa shape index (κ3) is 4.84. The van der Waals surface area contributed by atoms with E-state index in [2.05, 4.69) is 29.6 Å². The van der Waals surface area contributed by atoms with Crippen LogP contribution in [-0.2, 0) is 0 Å². The van der Waals surface area contributed by atoms with Crippen molar-refractivity contribution in [2.24, 2.45) is 0 Å². The molecule has 0 saturated heterocycles. The normalized spacial score (nSPS) is 16.5. The van der Waals surface area contributed by atoms with E-state index < -0.39 is 0 Å². The van der Waals surface area contributed by atoms with Gasteiger partial charge in [-0.25, -0.2) is 0 Å². The first-order chi connectivity index (χ1) is 9.40. The van der Waals surface area contributed by atoms with Crippen LogP contribution in [0.4, 0.5) is 0 Å². The molecule has 0 heterocycles. The number of nitrogens with one attached hydrogen (secondary N) is 1. The minimum Gasteiger partial charge on any atom is -0.492 e. The summed E-state index contributed by atoms with van der Waals surface area (Å²) >= 11 is 0. The lowest BCUT2D eigenvalue weighted by Crippen LogP contribution is -2.23. The van der Waals surface area contributed by atoms with Crippen LogP contribution in [0.2, 0.25) is 0 Å². The van der Waals surface area contributed by atoms with E-state index in [0.29, 0.717) is 13.2 Å². The molecular weight excluding hydrogens is 238 g/mol. The molecule has 1 aliphatic rings. The first-order valence-corrected chi connectivity index (χ1v) is 7.44. The van der Waals surface area contributed by atoms with E-state index in [1.807, 2.05) is 0 Å². The molecule has 0 aromatic heterocycles. The average molecular weight is 263 g/mol. The highest BCUT2D eigenvalue weighted by atomic mass is 16.5. The van der Waals surface area contributed by atoms with Gasteiger partial charge in [-0.15, -0.1) is 0 Å². The molecule has 19 heavy (non-hydrogen) atoms. The van der Waals surface area contributed by atoms with Gasteiger partial charge in [0, 0.05) is 13.1 Å². The van der Waals surface area contributed by atoms with Gasteiger partial charge in [0.15, 0.2) is 0 Å². The number of aliphatic hydroxyl groups is 1. The van der Waals surface area contributed by atoms with Crippen LogP contribution < -0.4 is 10.1 Å². The largest absolute Gasteiger partial charge is 0.492 e. The number of ether oxygens (including phenoxy) is 1. The Morgan fingerprint density at radius 1 is 1.05 bits per heavy atom. The Labute approximate surface area is 116 Å². The molecule has 3 heteroatoms. The number of hydrogen-bond acceptors (Lipinski definition) is 3. The first kappa shape index (κ1) is 14.4. The van der Waals surface area contributed by atoms with Crippen LogP contribution in [0, 0.1) is 0 Å². The lowest BCUT2D eigenvalue weighted by molar-refractivity contribution is 0.276. The van der Waals surface area contributed by atoms with Crippen LogP contribution in [0.15, 0.2) is 24.3 Å². The molecule has 1 aromatic carbocycles. The van der Waals surface area contributed by atoms with E-state index >= 15 is 0 Å². The standard InChI is InChI=1S/C16H25NO2/c18-12-10-17-11-13-19-16-8-6-15(7-9-16)14-4-2-1-3-5-14/h6-9,14,17-18H,1-5,10-13H2. The van der Waals surface area contributed by atoms with Gasteiger partial charge in [-0.1, -0.05) is 31.4 Å². The van der Waals surface area contributed by atoms with Crippen molar-refractivity contribution in [3.05, 3.63) is 29.8 Å². The molecule has 0 unspecified atom stereocenters. The summed E-state index contributed by atoms with van der Waals surface area (Å²) in [4.78, 5) is 0. The molecule has 2 rings (SSSR count). The van der Waals surface area contributed by atoms with E-state index in [1.165, 1.54) is 37.7 Å². The number of rotatable bonds is 7. The smallest absolute Gasteiger partial charge is 0.119 e. The van der Waals surface area contributed by atoms with Crippen LogP contribution in [0.1, 0.15) is 43.6 Å². The highest BCUT2D eigenvalue weighted by molar-refractivity contribution is 5.29. The van der Waals surface area contributed by atoms with Crippen molar-refractivity contribution in [3.63, 3.8) is 0 Å². The molecular formula is C16H25NO2. The zero-order valence-corrected chi connectivity index (χ0v) is 11.6. The van der Waals surface area contributed by atoms with E-state index in [0.717, 1.165) is 18.2 Å². The molecule has 1 aliphatic carbocycles. The maximum Gasteiger partial charge on any atom is 0.119 e. The third-order valence-electron chi connectivity index (χ3n) is 3.79. The van der Waals surface area contributed by atoms with E-state index in [1.54, 1.807) is 0 Å². The van der Waals surface area contributed by atoms with Crippen molar-refractivity contribution >= 4 is 0 Å². The van der Waals surface area contributed by atoms with Crippen LogP contribution in [-0.4, -0.2) is 31.4 Å². The van der Waals surface area contributed by atoms with Gasteiger partial charge >= 0.3 is 0 Å². The Kier molecular flexibility index (Phi) is 6.18. The molecule has 0 bridgehead atoms. The second-order valence-electron chi connectivity index (χ2n) is 5.23. The minimum atomic E-state index is 0.177. The summed E-state index contributed by atoms with van der Waals surface area (Å²) in [6.45, 7) is 2.22. The van der Waals surface area contributed by atoms with Crippen molar-refractivity contribution in [1.29, 1.82) is 0 Å². The van der Waals surface area contributed by atoms with E-state index in [9.17, 15) is 0 Å². The predicted octanol–water partition coefficient (Wildman–Crippen LogP) is 2.70. The van der Waals surface area contributed by atoms with Gasteiger partial charge < -0.3 is 15.2 Å². The summed E-state index contributed by atoms with van der Waals surface area (Å²) in [5.74, 6) is 1.69. The summed E-state index contributed by atoms with van der Waals surface area (Å²) in [6, 6.07) is 8.59. The summed E-state index contributed by atoms with van der Waals surface area (Å²) in [7, 11) is 0. The van der Waals surface area contributed by atoms with Crippen LogP contribution in [0.5, 0.6) is 5.75 Å². The molecule has 1 saturated carbocycles. The molecule has 0 amide bonds. The van der Waals surface area contributed by atoms with Gasteiger partial charge in [0.05, 0.1) is 6.61 Å². The maximum atomic E-state index is 8.63. The molecule has 0 atom stereocenters. The summed E-state index contributed by atoms with van der Waals surface area (Å²) < 4.78 is 5.65. The fourth-order valence-corrected chi connectivity index (χ4v) is 2.72. The topological polar surface area (TPSA) is 41.5 Å². The lowest BCUT2D eigenvalue weighted by atomic mass is 9.84. The number of aliphatic hydroxyl groups excluding tert-OH is 1. The summed E-state index contributed by atoms with van der Waals surface area (Å²) in [5.41, 5.74) is 1.46. The molecule has 0 spiro atoms. The summed E-state index contributed by atoms with van der Waals surface area (Å²) in [6.07, 6.45) is 6.83. The van der Waals surface area contributed by atoms with E-state index in [4.69, 9.17) is 9.84 Å². The zero-order chi connectivity index (χ0) is 13.3. The SMILES string of the molecule is OCCNCCOc1ccc(C2CCCCC2)cc1. The van der Waals surface area contributed by atoms with Gasteiger partial charge in [-0.2, -0.15) is 0 Å². The van der Waals surface area contributed by atoms with Gasteiger partial charge in [-0.05, 0) is 36.5 Å². The molecule has 106 valence electrons. The quantitative estimate of drug-likeness (QED) is 0.743. The lowest BCUT2D eigenvalue weighted by Gasteiger charge is -2.22. The maximum absolute atomic E-state index is 8.63. The van der Waals surface area contributed by atoms with E-state index in [-0.39, 0.29) is 6.61 Å². The highest BCUT2D eigenvalue weighted by Crippen LogP contribution is 2.33. The Morgan fingerprint density at radius 3 is 2.47 bits per heavy atom. The van der Waals surface area contributed by atoms with Crippen LogP contribution >= 0.6 is 0 Å². The van der Waals surface area contributed by atoms with Crippen molar-refractivity contribution in [2.45, 2.75) is 38.0 Å². The molecule has 2 N–H and O–H groups in total. The van der Waals surface area contributed by atoms with Crippen LogP contribution in [0.3, 0.4) is 0 Å². The second kappa shape index (κ2) is 8.18. The summed E-state index contributed by atoms with van der Waals surface area (Å²) in [5, 5.41) is 11.7. The minimum absolute atomic E-state index is 0.177. The molecule has 1 fully saturated rings. The number of hydrogen-bond donors (Lipinski definition) is 2. The second-order valence-corrected chi connectivity index (χ2v) is 5.23. The van der Waals surface area contributed by atoms with Gasteiger partial charge in [0.2, 0.25) is 0 Å². The van der Waals surface area contributed by atoms with Crippen LogP contribution in [0.25, 0.3) is 0 Å². The van der Waals surface area contributed by atoms with Crippen molar-refractivity contribution in [3.8, 4) is 5.75 Å². The fraction of sp³-hybridized carbons (Fsp3) is 0.625. The van der Waals surface area contributed by atoms with Gasteiger partial charge in [0.1, 0.15) is 12.4 Å². The Balaban J connectivity index is 1.74. The monoisotopic (exact) mass is 263 g/mol. The highest BCUT2D eigenvalue weighted by Gasteiger charge is 2.14. The Bertz CT molecular complexity index is 344. The molecule has 1 aromatic rings. The molecule has 3 nitrogen and oxygen atoms in total.